The summed E-state index contributed by atoms with van der Waals surface area (Å²) in [5, 5.41) is 4.08. The van der Waals surface area contributed by atoms with Gasteiger partial charge in [0.2, 0.25) is 17.6 Å². The Morgan fingerprint density at radius 2 is 1.69 bits per heavy atom. The second-order valence-electron chi connectivity index (χ2n) is 7.89. The Kier molecular flexibility index (Phi) is 6.81. The maximum atomic E-state index is 12.8. The largest absolute Gasteiger partial charge is 0.339 e. The molecule has 0 radical (unpaired) electrons. The average Bonchev–Trinajstić information content (AvgIpc) is 3.20. The van der Waals surface area contributed by atoms with Gasteiger partial charge in [0.1, 0.15) is 0 Å². The van der Waals surface area contributed by atoms with Crippen LogP contribution in [0.25, 0.3) is 11.4 Å². The third-order valence-electron chi connectivity index (χ3n) is 5.00. The number of hydrogen-bond acceptors (Lipinski definition) is 4. The zero-order valence-corrected chi connectivity index (χ0v) is 17.6. The van der Waals surface area contributed by atoms with Crippen LogP contribution in [0.5, 0.6) is 0 Å². The van der Waals surface area contributed by atoms with E-state index in [0.29, 0.717) is 37.0 Å². The van der Waals surface area contributed by atoms with Gasteiger partial charge in [-0.3, -0.25) is 4.79 Å². The number of nitrogens with zero attached hydrogens (tertiary/aromatic N) is 3. The van der Waals surface area contributed by atoms with Crippen LogP contribution in [0.2, 0.25) is 0 Å². The Labute approximate surface area is 172 Å². The van der Waals surface area contributed by atoms with Gasteiger partial charge < -0.3 is 9.42 Å². The van der Waals surface area contributed by atoms with E-state index in [4.69, 9.17) is 4.52 Å². The summed E-state index contributed by atoms with van der Waals surface area (Å²) in [6, 6.07) is 18.4. The molecular weight excluding hydrogens is 362 g/mol. The molecule has 0 saturated heterocycles. The molecule has 1 heterocycles. The highest BCUT2D eigenvalue weighted by atomic mass is 16.5. The highest BCUT2D eigenvalue weighted by molar-refractivity contribution is 5.76. The van der Waals surface area contributed by atoms with E-state index < -0.39 is 0 Å². The Balaban J connectivity index is 1.61. The molecule has 3 rings (SSSR count). The molecule has 1 amide bonds. The van der Waals surface area contributed by atoms with Crippen LogP contribution in [0, 0.1) is 0 Å². The molecule has 0 saturated carbocycles. The molecule has 5 heteroatoms. The van der Waals surface area contributed by atoms with Gasteiger partial charge >= 0.3 is 0 Å². The first-order valence-corrected chi connectivity index (χ1v) is 10.2. The molecule has 0 atom stereocenters. The fourth-order valence-corrected chi connectivity index (χ4v) is 3.19. The number of hydrogen-bond donors (Lipinski definition) is 0. The lowest BCUT2D eigenvalue weighted by Gasteiger charge is -2.26. The van der Waals surface area contributed by atoms with Crippen molar-refractivity contribution in [3.8, 4) is 11.4 Å². The predicted molar refractivity (Wildman–Crippen MR) is 114 cm³/mol. The summed E-state index contributed by atoms with van der Waals surface area (Å²) in [5.74, 6) is 1.62. The Morgan fingerprint density at radius 1 is 1.00 bits per heavy atom. The van der Waals surface area contributed by atoms with Crippen LogP contribution in [0.4, 0.5) is 0 Å². The molecule has 0 unspecified atom stereocenters. The van der Waals surface area contributed by atoms with Crippen LogP contribution in [0.3, 0.4) is 0 Å². The average molecular weight is 392 g/mol. The molecule has 152 valence electrons. The zero-order valence-electron chi connectivity index (χ0n) is 17.6. The molecule has 3 aromatic rings. The number of carbonyl (C=O) groups is 1. The van der Waals surface area contributed by atoms with Gasteiger partial charge in [-0.25, -0.2) is 0 Å². The molecule has 0 aliphatic heterocycles. The smallest absolute Gasteiger partial charge is 0.227 e. The number of aryl methyl sites for hydroxylation is 1. The van der Waals surface area contributed by atoms with Crippen LogP contribution in [0.1, 0.15) is 57.1 Å². The number of rotatable bonds is 8. The van der Waals surface area contributed by atoms with Gasteiger partial charge in [0.25, 0.3) is 0 Å². The maximum Gasteiger partial charge on any atom is 0.227 e. The van der Waals surface area contributed by atoms with Crippen molar-refractivity contribution in [1.29, 1.82) is 0 Å². The summed E-state index contributed by atoms with van der Waals surface area (Å²) >= 11 is 0. The number of amides is 1. The first-order valence-electron chi connectivity index (χ1n) is 10.2. The summed E-state index contributed by atoms with van der Waals surface area (Å²) in [6.45, 7) is 9.00. The molecule has 29 heavy (non-hydrogen) atoms. The summed E-state index contributed by atoms with van der Waals surface area (Å²) in [6.07, 6.45) is 0.785. The van der Waals surface area contributed by atoms with E-state index in [0.717, 1.165) is 11.1 Å². The molecular formula is C24H29N3O2. The first-order chi connectivity index (χ1) is 13.9. The summed E-state index contributed by atoms with van der Waals surface area (Å²) < 4.78 is 5.37. The topological polar surface area (TPSA) is 59.2 Å². The van der Waals surface area contributed by atoms with Gasteiger partial charge in [0.05, 0.1) is 0 Å². The second-order valence-corrected chi connectivity index (χ2v) is 7.89. The highest BCUT2D eigenvalue weighted by Gasteiger charge is 2.19. The fraction of sp³-hybridized carbons (Fsp3) is 0.375. The van der Waals surface area contributed by atoms with Crippen molar-refractivity contribution in [3.63, 3.8) is 0 Å². The van der Waals surface area contributed by atoms with E-state index in [1.807, 2.05) is 61.2 Å². The molecule has 0 N–H and O–H groups in total. The minimum Gasteiger partial charge on any atom is -0.339 e. The summed E-state index contributed by atoms with van der Waals surface area (Å²) in [7, 11) is 0. The Morgan fingerprint density at radius 3 is 2.31 bits per heavy atom. The van der Waals surface area contributed by atoms with Gasteiger partial charge in [-0.1, -0.05) is 73.6 Å². The molecule has 5 nitrogen and oxygen atoms in total. The lowest BCUT2D eigenvalue weighted by Crippen LogP contribution is -2.36. The van der Waals surface area contributed by atoms with Crippen molar-refractivity contribution in [2.45, 2.75) is 59.0 Å². The quantitative estimate of drug-likeness (QED) is 0.527. The number of carbonyl (C=O) groups excluding carboxylic acids is 1. The van der Waals surface area contributed by atoms with E-state index >= 15 is 0 Å². The summed E-state index contributed by atoms with van der Waals surface area (Å²) in [5.41, 5.74) is 3.32. The molecule has 0 bridgehead atoms. The minimum atomic E-state index is 0.0879. The van der Waals surface area contributed by atoms with Crippen molar-refractivity contribution in [3.05, 3.63) is 71.6 Å². The highest BCUT2D eigenvalue weighted by Crippen LogP contribution is 2.21. The van der Waals surface area contributed by atoms with E-state index in [9.17, 15) is 4.79 Å². The predicted octanol–water partition coefficient (Wildman–Crippen LogP) is 5.23. The number of benzene rings is 2. The van der Waals surface area contributed by atoms with Crippen molar-refractivity contribution < 1.29 is 9.32 Å². The van der Waals surface area contributed by atoms with E-state index in [2.05, 4.69) is 36.1 Å². The van der Waals surface area contributed by atoms with Gasteiger partial charge in [-0.2, -0.15) is 4.98 Å². The lowest BCUT2D eigenvalue weighted by molar-refractivity contribution is -0.133. The van der Waals surface area contributed by atoms with E-state index in [-0.39, 0.29) is 11.9 Å². The van der Waals surface area contributed by atoms with Crippen LogP contribution < -0.4 is 0 Å². The molecule has 1 aromatic heterocycles. The van der Waals surface area contributed by atoms with Crippen LogP contribution in [-0.2, 0) is 17.8 Å². The van der Waals surface area contributed by atoms with E-state index in [1.54, 1.807) is 0 Å². The molecule has 0 aliphatic rings. The zero-order chi connectivity index (χ0) is 20.8. The van der Waals surface area contributed by atoms with Crippen molar-refractivity contribution in [2.75, 3.05) is 0 Å². The van der Waals surface area contributed by atoms with Crippen molar-refractivity contribution in [1.82, 2.24) is 15.0 Å². The monoisotopic (exact) mass is 391 g/mol. The second kappa shape index (κ2) is 9.50. The van der Waals surface area contributed by atoms with Gasteiger partial charge in [0, 0.05) is 31.0 Å². The number of aromatic nitrogens is 2. The van der Waals surface area contributed by atoms with Crippen LogP contribution >= 0.6 is 0 Å². The Bertz CT molecular complexity index is 915. The standard InChI is InChI=1S/C24H29N3O2/c1-17(2)20-10-12-21(13-11-20)24-25-22(29-26-24)14-15-23(28)27(18(3)4)16-19-8-6-5-7-9-19/h5-13,17-18H,14-16H2,1-4H3. The molecule has 2 aromatic carbocycles. The van der Waals surface area contributed by atoms with Crippen molar-refractivity contribution in [2.24, 2.45) is 0 Å². The van der Waals surface area contributed by atoms with Gasteiger partial charge in [-0.15, -0.1) is 0 Å². The Hall–Kier alpha value is -2.95. The molecule has 0 spiro atoms. The first kappa shape index (κ1) is 20.8. The van der Waals surface area contributed by atoms with Crippen LogP contribution in [-0.4, -0.2) is 27.0 Å². The maximum absolute atomic E-state index is 12.8. The van der Waals surface area contributed by atoms with E-state index in [1.165, 1.54) is 5.56 Å². The van der Waals surface area contributed by atoms with Crippen LogP contribution in [0.15, 0.2) is 59.1 Å². The normalized spacial score (nSPS) is 11.2. The SMILES string of the molecule is CC(C)c1ccc(-c2noc(CCC(=O)N(Cc3ccccc3)C(C)C)n2)cc1. The minimum absolute atomic E-state index is 0.0879. The fourth-order valence-electron chi connectivity index (χ4n) is 3.19. The molecule has 0 aliphatic carbocycles. The third kappa shape index (κ3) is 5.53. The van der Waals surface area contributed by atoms with Crippen molar-refractivity contribution >= 4 is 5.91 Å². The van der Waals surface area contributed by atoms with Gasteiger partial charge in [-0.05, 0) is 30.9 Å². The molecule has 0 fully saturated rings. The van der Waals surface area contributed by atoms with Gasteiger partial charge in [0.15, 0.2) is 0 Å². The lowest BCUT2D eigenvalue weighted by atomic mass is 10.0. The summed E-state index contributed by atoms with van der Waals surface area (Å²) in [4.78, 5) is 19.1. The third-order valence-corrected chi connectivity index (χ3v) is 5.00.